The highest BCUT2D eigenvalue weighted by Crippen LogP contribution is 2.32. The summed E-state index contributed by atoms with van der Waals surface area (Å²) in [5.41, 5.74) is 1.98. The second-order valence-corrected chi connectivity index (χ2v) is 6.39. The number of carbonyl (C=O) groups excluding carboxylic acids is 1. The summed E-state index contributed by atoms with van der Waals surface area (Å²) in [6.45, 7) is 0.628. The van der Waals surface area contributed by atoms with Crippen LogP contribution in [0.2, 0.25) is 10.0 Å². The van der Waals surface area contributed by atoms with Crippen molar-refractivity contribution < 1.29 is 14.3 Å². The van der Waals surface area contributed by atoms with Gasteiger partial charge in [-0.15, -0.1) is 0 Å². The summed E-state index contributed by atoms with van der Waals surface area (Å²) in [4.78, 5) is 16.7. The van der Waals surface area contributed by atoms with Crippen LogP contribution in [0.5, 0.6) is 11.5 Å². The van der Waals surface area contributed by atoms with Crippen molar-refractivity contribution in [3.8, 4) is 11.5 Å². The molecule has 1 aromatic carbocycles. The standard InChI is InChI=1S/C17H13Cl2N3O3/c18-11-6-13(19)16-21-12(8-22(16)7-11)3-4-20-17(23)10-1-2-14-15(5-10)25-9-24-14/h1-2,5-8H,3-4,9H2,(H,20,23). The minimum Gasteiger partial charge on any atom is -0.454 e. The van der Waals surface area contributed by atoms with E-state index in [0.29, 0.717) is 45.7 Å². The van der Waals surface area contributed by atoms with Crippen molar-refractivity contribution in [1.82, 2.24) is 14.7 Å². The van der Waals surface area contributed by atoms with E-state index in [1.807, 2.05) is 6.20 Å². The molecule has 3 aromatic rings. The third-order valence-corrected chi connectivity index (χ3v) is 4.31. The molecule has 4 rings (SSSR count). The van der Waals surface area contributed by atoms with E-state index in [1.54, 1.807) is 34.9 Å². The molecule has 0 bridgehead atoms. The number of pyridine rings is 1. The number of ether oxygens (including phenoxy) is 2. The fourth-order valence-corrected chi connectivity index (χ4v) is 3.17. The number of benzene rings is 1. The van der Waals surface area contributed by atoms with Crippen molar-refractivity contribution in [2.24, 2.45) is 0 Å². The average molecular weight is 378 g/mol. The molecule has 0 atom stereocenters. The van der Waals surface area contributed by atoms with Crippen molar-refractivity contribution in [1.29, 1.82) is 0 Å². The fourth-order valence-electron chi connectivity index (χ4n) is 2.64. The predicted molar refractivity (Wildman–Crippen MR) is 93.8 cm³/mol. The maximum atomic E-state index is 12.2. The number of carbonyl (C=O) groups is 1. The molecule has 1 amide bonds. The van der Waals surface area contributed by atoms with Gasteiger partial charge in [-0.25, -0.2) is 4.98 Å². The summed E-state index contributed by atoms with van der Waals surface area (Å²) < 4.78 is 12.3. The lowest BCUT2D eigenvalue weighted by molar-refractivity contribution is 0.0953. The molecule has 0 fully saturated rings. The number of amides is 1. The average Bonchev–Trinajstić information content (AvgIpc) is 3.20. The minimum atomic E-state index is -0.178. The van der Waals surface area contributed by atoms with Gasteiger partial charge in [0.25, 0.3) is 5.91 Å². The minimum absolute atomic E-state index is 0.178. The molecule has 0 radical (unpaired) electrons. The number of hydrogen-bond donors (Lipinski definition) is 1. The van der Waals surface area contributed by atoms with Gasteiger partial charge in [-0.1, -0.05) is 23.2 Å². The number of hydrogen-bond acceptors (Lipinski definition) is 4. The molecule has 8 heteroatoms. The molecule has 0 unspecified atom stereocenters. The third-order valence-electron chi connectivity index (χ3n) is 3.82. The Morgan fingerprint density at radius 1 is 1.20 bits per heavy atom. The second kappa shape index (κ2) is 6.46. The van der Waals surface area contributed by atoms with Gasteiger partial charge in [0.15, 0.2) is 17.1 Å². The van der Waals surface area contributed by atoms with Crippen LogP contribution in [0, 0.1) is 0 Å². The Bertz CT molecular complexity index is 971. The van der Waals surface area contributed by atoms with E-state index < -0.39 is 0 Å². The van der Waals surface area contributed by atoms with Crippen molar-refractivity contribution >= 4 is 34.8 Å². The molecule has 128 valence electrons. The zero-order chi connectivity index (χ0) is 17.4. The summed E-state index contributed by atoms with van der Waals surface area (Å²) in [7, 11) is 0. The van der Waals surface area contributed by atoms with Crippen molar-refractivity contribution in [3.05, 3.63) is 58.0 Å². The van der Waals surface area contributed by atoms with Crippen LogP contribution in [-0.4, -0.2) is 28.6 Å². The topological polar surface area (TPSA) is 64.9 Å². The molecule has 6 nitrogen and oxygen atoms in total. The first-order chi connectivity index (χ1) is 12.1. The lowest BCUT2D eigenvalue weighted by atomic mass is 10.2. The van der Waals surface area contributed by atoms with Crippen LogP contribution in [0.1, 0.15) is 16.1 Å². The highest BCUT2D eigenvalue weighted by atomic mass is 35.5. The van der Waals surface area contributed by atoms with Gasteiger partial charge < -0.3 is 19.2 Å². The van der Waals surface area contributed by atoms with Crippen molar-refractivity contribution in [2.75, 3.05) is 13.3 Å². The Morgan fingerprint density at radius 2 is 2.04 bits per heavy atom. The molecule has 0 spiro atoms. The van der Waals surface area contributed by atoms with E-state index in [9.17, 15) is 4.79 Å². The van der Waals surface area contributed by atoms with Crippen LogP contribution >= 0.6 is 23.2 Å². The predicted octanol–water partition coefficient (Wildman–Crippen LogP) is 3.34. The van der Waals surface area contributed by atoms with Gasteiger partial charge in [-0.3, -0.25) is 4.79 Å². The Kier molecular flexibility index (Phi) is 4.15. The molecule has 1 aliphatic heterocycles. The van der Waals surface area contributed by atoms with Gasteiger partial charge in [0.2, 0.25) is 6.79 Å². The van der Waals surface area contributed by atoms with E-state index in [4.69, 9.17) is 32.7 Å². The van der Waals surface area contributed by atoms with Crippen molar-refractivity contribution in [3.63, 3.8) is 0 Å². The highest BCUT2D eigenvalue weighted by molar-refractivity contribution is 6.36. The highest BCUT2D eigenvalue weighted by Gasteiger charge is 2.16. The lowest BCUT2D eigenvalue weighted by Gasteiger charge is -2.05. The number of halogens is 2. The fraction of sp³-hybridized carbons (Fsp3) is 0.176. The smallest absolute Gasteiger partial charge is 0.251 e. The Labute approximate surface area is 153 Å². The first-order valence-corrected chi connectivity index (χ1v) is 8.36. The van der Waals surface area contributed by atoms with Crippen LogP contribution in [0.4, 0.5) is 0 Å². The Hall–Kier alpha value is -2.44. The number of fused-ring (bicyclic) bond motifs is 2. The van der Waals surface area contributed by atoms with Gasteiger partial charge >= 0.3 is 0 Å². The van der Waals surface area contributed by atoms with Crippen LogP contribution in [-0.2, 0) is 6.42 Å². The molecule has 0 aliphatic carbocycles. The first-order valence-electron chi connectivity index (χ1n) is 7.60. The third kappa shape index (κ3) is 3.23. The summed E-state index contributed by atoms with van der Waals surface area (Å²) in [6.07, 6.45) is 4.16. The summed E-state index contributed by atoms with van der Waals surface area (Å²) >= 11 is 12.1. The molecular weight excluding hydrogens is 365 g/mol. The number of rotatable bonds is 4. The number of nitrogens with one attached hydrogen (secondary N) is 1. The Balaban J connectivity index is 1.40. The van der Waals surface area contributed by atoms with E-state index in [0.717, 1.165) is 5.69 Å². The molecular formula is C17H13Cl2N3O3. The number of aromatic nitrogens is 2. The molecule has 0 saturated carbocycles. The zero-order valence-corrected chi connectivity index (χ0v) is 14.5. The number of imidazole rings is 1. The van der Waals surface area contributed by atoms with Crippen LogP contribution in [0.3, 0.4) is 0 Å². The normalized spacial score (nSPS) is 12.6. The van der Waals surface area contributed by atoms with E-state index in [2.05, 4.69) is 10.3 Å². The quantitative estimate of drug-likeness (QED) is 0.757. The van der Waals surface area contributed by atoms with Crippen molar-refractivity contribution in [2.45, 2.75) is 6.42 Å². The Morgan fingerprint density at radius 3 is 2.92 bits per heavy atom. The van der Waals surface area contributed by atoms with Gasteiger partial charge in [-0.05, 0) is 24.3 Å². The van der Waals surface area contributed by atoms with Gasteiger partial charge in [0.1, 0.15) is 0 Å². The molecule has 25 heavy (non-hydrogen) atoms. The molecule has 1 N–H and O–H groups in total. The monoisotopic (exact) mass is 377 g/mol. The summed E-state index contributed by atoms with van der Waals surface area (Å²) in [5.74, 6) is 1.06. The second-order valence-electron chi connectivity index (χ2n) is 5.54. The van der Waals surface area contributed by atoms with Crippen LogP contribution in [0.15, 0.2) is 36.7 Å². The van der Waals surface area contributed by atoms with Crippen LogP contribution < -0.4 is 14.8 Å². The maximum Gasteiger partial charge on any atom is 0.251 e. The first kappa shape index (κ1) is 16.1. The number of nitrogens with zero attached hydrogens (tertiary/aromatic N) is 2. The summed E-state index contributed by atoms with van der Waals surface area (Å²) in [5, 5.41) is 3.89. The van der Waals surface area contributed by atoms with Gasteiger partial charge in [0, 0.05) is 30.9 Å². The molecule has 1 aliphatic rings. The van der Waals surface area contributed by atoms with E-state index in [-0.39, 0.29) is 12.7 Å². The van der Waals surface area contributed by atoms with E-state index >= 15 is 0 Å². The molecule has 3 heterocycles. The van der Waals surface area contributed by atoms with Gasteiger partial charge in [0.05, 0.1) is 15.7 Å². The zero-order valence-electron chi connectivity index (χ0n) is 13.0. The maximum absolute atomic E-state index is 12.2. The SMILES string of the molecule is O=C(NCCc1cn2cc(Cl)cc(Cl)c2n1)c1ccc2c(c1)OCO2. The molecule has 2 aromatic heterocycles. The largest absolute Gasteiger partial charge is 0.454 e. The lowest BCUT2D eigenvalue weighted by Crippen LogP contribution is -2.25. The van der Waals surface area contributed by atoms with Gasteiger partial charge in [-0.2, -0.15) is 0 Å². The van der Waals surface area contributed by atoms with Crippen LogP contribution in [0.25, 0.3) is 5.65 Å². The van der Waals surface area contributed by atoms with E-state index in [1.165, 1.54) is 0 Å². The summed E-state index contributed by atoms with van der Waals surface area (Å²) in [6, 6.07) is 6.75. The molecule has 0 saturated heterocycles.